The van der Waals surface area contributed by atoms with Crippen LogP contribution < -0.4 is 15.8 Å². The predicted molar refractivity (Wildman–Crippen MR) is 89.8 cm³/mol. The van der Waals surface area contributed by atoms with E-state index in [1.165, 1.54) is 12.1 Å². The summed E-state index contributed by atoms with van der Waals surface area (Å²) in [6.07, 6.45) is 0. The molecule has 1 atom stereocenters. The Balaban J connectivity index is 1.99. The number of primary sulfonamides is 1. The number of amides is 2. The molecule has 2 amide bonds. The molecule has 2 aromatic carbocycles. The summed E-state index contributed by atoms with van der Waals surface area (Å²) in [6, 6.07) is 12.0. The number of urea groups is 1. The number of benzene rings is 2. The van der Waals surface area contributed by atoms with E-state index in [2.05, 4.69) is 10.6 Å². The van der Waals surface area contributed by atoms with Gasteiger partial charge in [-0.05, 0) is 48.9 Å². The molecule has 0 unspecified atom stereocenters. The van der Waals surface area contributed by atoms with Crippen molar-refractivity contribution in [2.75, 3.05) is 5.32 Å². The zero-order chi connectivity index (χ0) is 17.0. The Morgan fingerprint density at radius 1 is 1.09 bits per heavy atom. The Labute approximate surface area is 139 Å². The molecule has 0 bridgehead atoms. The third-order valence-corrected chi connectivity index (χ3v) is 4.34. The lowest BCUT2D eigenvalue weighted by atomic mass is 10.1. The van der Waals surface area contributed by atoms with Gasteiger partial charge in [-0.25, -0.2) is 18.4 Å². The van der Waals surface area contributed by atoms with Gasteiger partial charge in [0.1, 0.15) is 0 Å². The maximum absolute atomic E-state index is 11.9. The maximum atomic E-state index is 11.9. The van der Waals surface area contributed by atoms with E-state index in [-0.39, 0.29) is 17.0 Å². The van der Waals surface area contributed by atoms with Crippen LogP contribution in [0.1, 0.15) is 18.5 Å². The molecule has 0 aliphatic heterocycles. The summed E-state index contributed by atoms with van der Waals surface area (Å²) in [5.41, 5.74) is 1.37. The van der Waals surface area contributed by atoms with Crippen LogP contribution in [0.25, 0.3) is 0 Å². The van der Waals surface area contributed by atoms with Gasteiger partial charge in [0.15, 0.2) is 0 Å². The largest absolute Gasteiger partial charge is 0.331 e. The highest BCUT2D eigenvalue weighted by atomic mass is 35.5. The van der Waals surface area contributed by atoms with E-state index in [1.807, 2.05) is 0 Å². The minimum atomic E-state index is -3.72. The lowest BCUT2D eigenvalue weighted by molar-refractivity contribution is 0.249. The number of nitrogens with one attached hydrogen (secondary N) is 2. The summed E-state index contributed by atoms with van der Waals surface area (Å²) in [6.45, 7) is 1.79. The van der Waals surface area contributed by atoms with Crippen molar-refractivity contribution in [3.05, 3.63) is 59.1 Å². The average molecular weight is 354 g/mol. The zero-order valence-electron chi connectivity index (χ0n) is 12.3. The lowest BCUT2D eigenvalue weighted by Gasteiger charge is -2.15. The molecule has 122 valence electrons. The van der Waals surface area contributed by atoms with Crippen molar-refractivity contribution < 1.29 is 13.2 Å². The van der Waals surface area contributed by atoms with Gasteiger partial charge in [0.2, 0.25) is 10.0 Å². The number of sulfonamides is 1. The van der Waals surface area contributed by atoms with Crippen molar-refractivity contribution in [2.24, 2.45) is 5.14 Å². The van der Waals surface area contributed by atoms with Gasteiger partial charge in [-0.1, -0.05) is 23.7 Å². The maximum Gasteiger partial charge on any atom is 0.319 e. The molecule has 0 aromatic heterocycles. The molecular weight excluding hydrogens is 338 g/mol. The van der Waals surface area contributed by atoms with E-state index in [0.29, 0.717) is 10.7 Å². The summed E-state index contributed by atoms with van der Waals surface area (Å²) in [7, 11) is -3.72. The van der Waals surface area contributed by atoms with Gasteiger partial charge < -0.3 is 10.6 Å². The second kappa shape index (κ2) is 6.99. The van der Waals surface area contributed by atoms with Crippen LogP contribution in [-0.4, -0.2) is 14.4 Å². The Bertz CT molecular complexity index is 790. The topological polar surface area (TPSA) is 101 Å². The molecule has 4 N–H and O–H groups in total. The first-order chi connectivity index (χ1) is 10.8. The molecule has 6 nitrogen and oxygen atoms in total. The van der Waals surface area contributed by atoms with Crippen LogP contribution in [0.15, 0.2) is 53.4 Å². The van der Waals surface area contributed by atoms with Gasteiger partial charge in [0.25, 0.3) is 0 Å². The molecule has 2 rings (SSSR count). The Morgan fingerprint density at radius 3 is 2.17 bits per heavy atom. The molecule has 2 aromatic rings. The van der Waals surface area contributed by atoms with E-state index in [4.69, 9.17) is 16.7 Å². The second-order valence-electron chi connectivity index (χ2n) is 4.94. The molecule has 0 saturated carbocycles. The van der Waals surface area contributed by atoms with Crippen LogP contribution in [0.2, 0.25) is 5.02 Å². The standard InChI is InChI=1S/C15H16ClN3O3S/c1-10(11-2-8-14(9-3-11)23(17,21)22)18-15(20)19-13-6-4-12(16)5-7-13/h2-10H,1H3,(H2,17,21,22)(H2,18,19,20)/t10-/m1/s1. The highest BCUT2D eigenvalue weighted by molar-refractivity contribution is 7.89. The summed E-state index contributed by atoms with van der Waals surface area (Å²) >= 11 is 5.78. The van der Waals surface area contributed by atoms with E-state index in [9.17, 15) is 13.2 Å². The molecule has 0 fully saturated rings. The number of carbonyl (C=O) groups excluding carboxylic acids is 1. The first-order valence-corrected chi connectivity index (χ1v) is 8.64. The summed E-state index contributed by atoms with van der Waals surface area (Å²) < 4.78 is 22.4. The Kier molecular flexibility index (Phi) is 5.25. The summed E-state index contributed by atoms with van der Waals surface area (Å²) in [4.78, 5) is 12.0. The number of halogens is 1. The molecule has 0 saturated heterocycles. The highest BCUT2D eigenvalue weighted by Crippen LogP contribution is 2.16. The molecule has 8 heteroatoms. The van der Waals surface area contributed by atoms with Crippen LogP contribution in [0, 0.1) is 0 Å². The molecule has 0 spiro atoms. The third-order valence-electron chi connectivity index (χ3n) is 3.16. The normalized spacial score (nSPS) is 12.5. The number of carbonyl (C=O) groups is 1. The molecular formula is C15H16ClN3O3S. The molecule has 0 aliphatic carbocycles. The van der Waals surface area contributed by atoms with Crippen molar-refractivity contribution in [3.8, 4) is 0 Å². The fourth-order valence-corrected chi connectivity index (χ4v) is 2.57. The lowest BCUT2D eigenvalue weighted by Crippen LogP contribution is -2.31. The van der Waals surface area contributed by atoms with Crippen LogP contribution in [-0.2, 0) is 10.0 Å². The number of nitrogens with two attached hydrogens (primary N) is 1. The van der Waals surface area contributed by atoms with Gasteiger partial charge in [-0.2, -0.15) is 0 Å². The van der Waals surface area contributed by atoms with Gasteiger partial charge >= 0.3 is 6.03 Å². The average Bonchev–Trinajstić information content (AvgIpc) is 2.49. The molecule has 0 aliphatic rings. The first kappa shape index (κ1) is 17.3. The first-order valence-electron chi connectivity index (χ1n) is 6.71. The Morgan fingerprint density at radius 2 is 1.65 bits per heavy atom. The van der Waals surface area contributed by atoms with Gasteiger partial charge in [-0.15, -0.1) is 0 Å². The van der Waals surface area contributed by atoms with E-state index < -0.39 is 10.0 Å². The quantitative estimate of drug-likeness (QED) is 0.787. The second-order valence-corrected chi connectivity index (χ2v) is 6.94. The number of hydrogen-bond donors (Lipinski definition) is 3. The summed E-state index contributed by atoms with van der Waals surface area (Å²) in [5, 5.41) is 11.1. The third kappa shape index (κ3) is 4.95. The monoisotopic (exact) mass is 353 g/mol. The van der Waals surface area contributed by atoms with Crippen molar-refractivity contribution in [2.45, 2.75) is 17.9 Å². The van der Waals surface area contributed by atoms with Gasteiger partial charge in [0, 0.05) is 10.7 Å². The fourth-order valence-electron chi connectivity index (χ4n) is 1.93. The Hall–Kier alpha value is -2.09. The molecule has 23 heavy (non-hydrogen) atoms. The van der Waals surface area contributed by atoms with Crippen LogP contribution in [0.5, 0.6) is 0 Å². The fraction of sp³-hybridized carbons (Fsp3) is 0.133. The van der Waals surface area contributed by atoms with E-state index >= 15 is 0 Å². The van der Waals surface area contributed by atoms with Crippen LogP contribution >= 0.6 is 11.6 Å². The van der Waals surface area contributed by atoms with E-state index in [0.717, 1.165) is 5.56 Å². The minimum absolute atomic E-state index is 0.0269. The van der Waals surface area contributed by atoms with Crippen LogP contribution in [0.4, 0.5) is 10.5 Å². The van der Waals surface area contributed by atoms with Crippen molar-refractivity contribution >= 4 is 33.3 Å². The van der Waals surface area contributed by atoms with Crippen LogP contribution in [0.3, 0.4) is 0 Å². The zero-order valence-corrected chi connectivity index (χ0v) is 13.9. The molecule has 0 radical (unpaired) electrons. The molecule has 0 heterocycles. The van der Waals surface area contributed by atoms with E-state index in [1.54, 1.807) is 43.3 Å². The van der Waals surface area contributed by atoms with Crippen molar-refractivity contribution in [1.82, 2.24) is 5.32 Å². The highest BCUT2D eigenvalue weighted by Gasteiger charge is 2.12. The van der Waals surface area contributed by atoms with Gasteiger partial charge in [0.05, 0.1) is 10.9 Å². The minimum Gasteiger partial charge on any atom is -0.331 e. The SMILES string of the molecule is C[C@@H](NC(=O)Nc1ccc(Cl)cc1)c1ccc(S(N)(=O)=O)cc1. The summed E-state index contributed by atoms with van der Waals surface area (Å²) in [5.74, 6) is 0. The predicted octanol–water partition coefficient (Wildman–Crippen LogP) is 2.87. The van der Waals surface area contributed by atoms with Crippen molar-refractivity contribution in [1.29, 1.82) is 0 Å². The smallest absolute Gasteiger partial charge is 0.319 e. The number of hydrogen-bond acceptors (Lipinski definition) is 3. The number of rotatable bonds is 4. The van der Waals surface area contributed by atoms with Crippen molar-refractivity contribution in [3.63, 3.8) is 0 Å². The number of anilines is 1. The van der Waals surface area contributed by atoms with Gasteiger partial charge in [-0.3, -0.25) is 0 Å².